The normalized spacial score (nSPS) is 18.8. The third kappa shape index (κ3) is 2.20. The Kier molecular flexibility index (Phi) is 3.06. The summed E-state index contributed by atoms with van der Waals surface area (Å²) >= 11 is 0. The molecule has 0 saturated carbocycles. The van der Waals surface area contributed by atoms with Crippen molar-refractivity contribution in [3.05, 3.63) is 30.0 Å². The van der Waals surface area contributed by atoms with E-state index in [4.69, 9.17) is 4.74 Å². The molecule has 1 atom stereocenters. The molecule has 20 heavy (non-hydrogen) atoms. The van der Waals surface area contributed by atoms with Crippen LogP contribution < -0.4 is 15.4 Å². The lowest BCUT2D eigenvalue weighted by atomic mass is 10.0. The Balaban J connectivity index is 1.90. The van der Waals surface area contributed by atoms with Gasteiger partial charge in [0, 0.05) is 23.5 Å². The van der Waals surface area contributed by atoms with E-state index in [1.807, 2.05) is 24.4 Å². The number of hydrogen-bond acceptors (Lipinski definition) is 3. The van der Waals surface area contributed by atoms with Gasteiger partial charge >= 0.3 is 0 Å². The van der Waals surface area contributed by atoms with E-state index in [-0.39, 0.29) is 18.4 Å². The van der Waals surface area contributed by atoms with E-state index in [2.05, 4.69) is 15.6 Å². The van der Waals surface area contributed by atoms with Crippen LogP contribution in [0.15, 0.2) is 24.4 Å². The number of aromatic nitrogens is 1. The molecule has 0 spiro atoms. The van der Waals surface area contributed by atoms with Crippen LogP contribution in [-0.4, -0.2) is 36.5 Å². The molecule has 2 heterocycles. The average Bonchev–Trinajstić information content (AvgIpc) is 2.85. The van der Waals surface area contributed by atoms with Crippen molar-refractivity contribution in [2.24, 2.45) is 0 Å². The van der Waals surface area contributed by atoms with Gasteiger partial charge in [0.1, 0.15) is 11.8 Å². The highest BCUT2D eigenvalue weighted by atomic mass is 16.5. The zero-order chi connectivity index (χ0) is 14.1. The van der Waals surface area contributed by atoms with Gasteiger partial charge in [-0.25, -0.2) is 0 Å². The van der Waals surface area contributed by atoms with E-state index < -0.39 is 6.04 Å². The summed E-state index contributed by atoms with van der Waals surface area (Å²) in [5.41, 5.74) is 1.95. The molecule has 0 radical (unpaired) electrons. The first-order valence-electron chi connectivity index (χ1n) is 6.38. The number of fused-ring (bicyclic) bond motifs is 1. The van der Waals surface area contributed by atoms with Crippen LogP contribution in [0.4, 0.5) is 0 Å². The second kappa shape index (κ2) is 4.88. The maximum atomic E-state index is 11.8. The summed E-state index contributed by atoms with van der Waals surface area (Å²) in [6.07, 6.45) is 2.31. The quantitative estimate of drug-likeness (QED) is 0.753. The van der Waals surface area contributed by atoms with Gasteiger partial charge in [-0.05, 0) is 23.8 Å². The molecule has 0 bridgehead atoms. The van der Waals surface area contributed by atoms with Gasteiger partial charge < -0.3 is 20.4 Å². The molecule has 0 unspecified atom stereocenters. The Morgan fingerprint density at radius 2 is 2.20 bits per heavy atom. The maximum Gasteiger partial charge on any atom is 0.243 e. The number of amides is 2. The van der Waals surface area contributed by atoms with Gasteiger partial charge in [-0.1, -0.05) is 0 Å². The van der Waals surface area contributed by atoms with Crippen molar-refractivity contribution >= 4 is 22.7 Å². The van der Waals surface area contributed by atoms with Crippen molar-refractivity contribution in [2.45, 2.75) is 12.5 Å². The van der Waals surface area contributed by atoms with Crippen LogP contribution in [0.25, 0.3) is 10.9 Å². The van der Waals surface area contributed by atoms with Gasteiger partial charge in [0.05, 0.1) is 13.7 Å². The smallest absolute Gasteiger partial charge is 0.243 e. The topological polar surface area (TPSA) is 83.2 Å². The molecule has 1 saturated heterocycles. The number of aromatic amines is 1. The zero-order valence-electron chi connectivity index (χ0n) is 11.0. The Hall–Kier alpha value is -2.50. The van der Waals surface area contributed by atoms with Gasteiger partial charge in [0.25, 0.3) is 0 Å². The first kappa shape index (κ1) is 12.5. The van der Waals surface area contributed by atoms with E-state index in [0.29, 0.717) is 6.42 Å². The third-order valence-electron chi connectivity index (χ3n) is 3.47. The van der Waals surface area contributed by atoms with Gasteiger partial charge in [-0.2, -0.15) is 0 Å². The summed E-state index contributed by atoms with van der Waals surface area (Å²) in [6, 6.07) is 5.19. The highest BCUT2D eigenvalue weighted by Gasteiger charge is 2.26. The molecule has 104 valence electrons. The number of carbonyl (C=O) groups excluding carboxylic acids is 2. The SMILES string of the molecule is COc1ccc2[nH]cc(C[C@@H]3NC(=O)CNC3=O)c2c1. The van der Waals surface area contributed by atoms with E-state index >= 15 is 0 Å². The van der Waals surface area contributed by atoms with Crippen molar-refractivity contribution in [1.82, 2.24) is 15.6 Å². The highest BCUT2D eigenvalue weighted by Crippen LogP contribution is 2.24. The van der Waals surface area contributed by atoms with Crippen LogP contribution in [0.1, 0.15) is 5.56 Å². The maximum absolute atomic E-state index is 11.8. The minimum absolute atomic E-state index is 0.0526. The molecule has 2 aromatic rings. The van der Waals surface area contributed by atoms with Gasteiger partial charge in [0.15, 0.2) is 0 Å². The molecular formula is C14H15N3O3. The fraction of sp³-hybridized carbons (Fsp3) is 0.286. The Bertz CT molecular complexity index is 677. The second-order valence-electron chi connectivity index (χ2n) is 4.77. The Labute approximate surface area is 115 Å². The third-order valence-corrected chi connectivity index (χ3v) is 3.47. The number of methoxy groups -OCH3 is 1. The number of H-pyrrole nitrogens is 1. The number of piperazine rings is 1. The summed E-state index contributed by atoms with van der Waals surface area (Å²) in [7, 11) is 1.61. The molecule has 1 fully saturated rings. The first-order valence-corrected chi connectivity index (χ1v) is 6.38. The minimum Gasteiger partial charge on any atom is -0.497 e. The lowest BCUT2D eigenvalue weighted by molar-refractivity contribution is -0.133. The molecule has 1 aromatic heterocycles. The van der Waals surface area contributed by atoms with Crippen molar-refractivity contribution in [3.8, 4) is 5.75 Å². The van der Waals surface area contributed by atoms with Gasteiger partial charge in [-0.15, -0.1) is 0 Å². The van der Waals surface area contributed by atoms with E-state index in [1.165, 1.54) is 0 Å². The van der Waals surface area contributed by atoms with Crippen LogP contribution in [0.3, 0.4) is 0 Å². The number of carbonyl (C=O) groups is 2. The molecule has 6 heteroatoms. The van der Waals surface area contributed by atoms with Crippen LogP contribution in [0.5, 0.6) is 5.75 Å². The van der Waals surface area contributed by atoms with Crippen LogP contribution >= 0.6 is 0 Å². The molecule has 2 amide bonds. The molecule has 1 aromatic carbocycles. The fourth-order valence-electron chi connectivity index (χ4n) is 2.42. The summed E-state index contributed by atoms with van der Waals surface area (Å²) in [5, 5.41) is 6.28. The van der Waals surface area contributed by atoms with Gasteiger partial charge in [0.2, 0.25) is 11.8 Å². The van der Waals surface area contributed by atoms with Crippen molar-refractivity contribution in [1.29, 1.82) is 0 Å². The molecule has 3 rings (SSSR count). The summed E-state index contributed by atoms with van der Waals surface area (Å²) in [5.74, 6) is 0.448. The van der Waals surface area contributed by atoms with Crippen molar-refractivity contribution in [3.63, 3.8) is 0 Å². The minimum atomic E-state index is -0.526. The van der Waals surface area contributed by atoms with Gasteiger partial charge in [-0.3, -0.25) is 9.59 Å². The highest BCUT2D eigenvalue weighted by molar-refractivity contribution is 5.95. The standard InChI is InChI=1S/C14H15N3O3/c1-20-9-2-3-11-10(5-9)8(6-15-11)4-12-14(19)16-7-13(18)17-12/h2-3,5-6,12,15H,4,7H2,1H3,(H,16,19)(H,17,18)/t12-/m0/s1. The van der Waals surface area contributed by atoms with Crippen molar-refractivity contribution in [2.75, 3.05) is 13.7 Å². The zero-order valence-corrected chi connectivity index (χ0v) is 11.0. The molecule has 6 nitrogen and oxygen atoms in total. The van der Waals surface area contributed by atoms with E-state index in [1.54, 1.807) is 7.11 Å². The lowest BCUT2D eigenvalue weighted by Gasteiger charge is -2.22. The van der Waals surface area contributed by atoms with Crippen LogP contribution in [0, 0.1) is 0 Å². The predicted molar refractivity (Wildman–Crippen MR) is 73.5 cm³/mol. The van der Waals surface area contributed by atoms with Crippen LogP contribution in [-0.2, 0) is 16.0 Å². The largest absolute Gasteiger partial charge is 0.497 e. The van der Waals surface area contributed by atoms with E-state index in [0.717, 1.165) is 22.2 Å². The number of hydrogen-bond donors (Lipinski definition) is 3. The Morgan fingerprint density at radius 1 is 1.35 bits per heavy atom. The second-order valence-corrected chi connectivity index (χ2v) is 4.77. The fourth-order valence-corrected chi connectivity index (χ4v) is 2.42. The first-order chi connectivity index (χ1) is 9.67. The predicted octanol–water partition coefficient (Wildman–Crippen LogP) is 0.334. The summed E-state index contributed by atoms with van der Waals surface area (Å²) < 4.78 is 5.21. The van der Waals surface area contributed by atoms with E-state index in [9.17, 15) is 9.59 Å². The average molecular weight is 273 g/mol. The molecule has 1 aliphatic rings. The molecule has 1 aliphatic heterocycles. The molecular weight excluding hydrogens is 258 g/mol. The summed E-state index contributed by atoms with van der Waals surface area (Å²) in [6.45, 7) is 0.0526. The number of rotatable bonds is 3. The molecule has 0 aliphatic carbocycles. The lowest BCUT2D eigenvalue weighted by Crippen LogP contribution is -2.56. The number of benzene rings is 1. The summed E-state index contributed by atoms with van der Waals surface area (Å²) in [4.78, 5) is 26.3. The number of nitrogens with one attached hydrogen (secondary N) is 3. The van der Waals surface area contributed by atoms with Crippen molar-refractivity contribution < 1.29 is 14.3 Å². The van der Waals surface area contributed by atoms with Crippen LogP contribution in [0.2, 0.25) is 0 Å². The Morgan fingerprint density at radius 3 is 3.00 bits per heavy atom. The number of ether oxygens (including phenoxy) is 1. The monoisotopic (exact) mass is 273 g/mol. The molecule has 3 N–H and O–H groups in total.